The molecule has 1 amide bonds. The average Bonchev–Trinajstić information content (AvgIpc) is 2.51. The van der Waals surface area contributed by atoms with Crippen molar-refractivity contribution < 1.29 is 14.3 Å². The molecule has 0 heterocycles. The Morgan fingerprint density at radius 1 is 1.21 bits per heavy atom. The van der Waals surface area contributed by atoms with Crippen LogP contribution in [0.2, 0.25) is 5.02 Å². The largest absolute Gasteiger partial charge is 0.496 e. The molecule has 0 spiro atoms. The Kier molecular flexibility index (Phi) is 5.57. The third-order valence-electron chi connectivity index (χ3n) is 3.36. The lowest BCUT2D eigenvalue weighted by Gasteiger charge is -2.14. The van der Waals surface area contributed by atoms with Gasteiger partial charge in [0.25, 0.3) is 5.91 Å². The molecule has 2 rings (SSSR count). The zero-order valence-corrected chi connectivity index (χ0v) is 14.9. The van der Waals surface area contributed by atoms with Gasteiger partial charge in [0.2, 0.25) is 0 Å². The van der Waals surface area contributed by atoms with Crippen LogP contribution < -0.4 is 20.5 Å². The summed E-state index contributed by atoms with van der Waals surface area (Å²) in [6.07, 6.45) is 0.0883. The Morgan fingerprint density at radius 2 is 1.92 bits per heavy atom. The van der Waals surface area contributed by atoms with Crippen LogP contribution in [-0.4, -0.2) is 19.1 Å². The van der Waals surface area contributed by atoms with E-state index in [4.69, 9.17) is 26.8 Å². The summed E-state index contributed by atoms with van der Waals surface area (Å²) in [5.41, 5.74) is 8.00. The summed E-state index contributed by atoms with van der Waals surface area (Å²) in [6.45, 7) is 5.85. The second-order valence-corrected chi connectivity index (χ2v) is 6.08. The van der Waals surface area contributed by atoms with Gasteiger partial charge in [0.05, 0.1) is 29.5 Å². The first-order valence-electron chi connectivity index (χ1n) is 7.53. The van der Waals surface area contributed by atoms with Crippen LogP contribution in [0.3, 0.4) is 0 Å². The fraction of sp³-hybridized carbons (Fsp3) is 0.278. The molecule has 6 heteroatoms. The average molecular weight is 349 g/mol. The van der Waals surface area contributed by atoms with E-state index in [1.54, 1.807) is 6.07 Å². The quantitative estimate of drug-likeness (QED) is 0.791. The minimum atomic E-state index is -0.328. The number of halogens is 1. The molecule has 0 saturated heterocycles. The Hall–Kier alpha value is -2.40. The van der Waals surface area contributed by atoms with E-state index in [9.17, 15) is 4.79 Å². The molecule has 2 aromatic carbocycles. The number of ether oxygens (including phenoxy) is 2. The van der Waals surface area contributed by atoms with Crippen molar-refractivity contribution in [2.24, 2.45) is 0 Å². The highest BCUT2D eigenvalue weighted by molar-refractivity contribution is 6.33. The minimum Gasteiger partial charge on any atom is -0.496 e. The predicted molar refractivity (Wildman–Crippen MR) is 97.3 cm³/mol. The van der Waals surface area contributed by atoms with Gasteiger partial charge >= 0.3 is 0 Å². The fourth-order valence-corrected chi connectivity index (χ4v) is 2.39. The second-order valence-electron chi connectivity index (χ2n) is 5.68. The number of aryl methyl sites for hydroxylation is 1. The maximum absolute atomic E-state index is 12.5. The molecule has 0 aliphatic rings. The first-order chi connectivity index (χ1) is 11.3. The van der Waals surface area contributed by atoms with Crippen molar-refractivity contribution in [3.8, 4) is 11.5 Å². The summed E-state index contributed by atoms with van der Waals surface area (Å²) in [6, 6.07) is 8.49. The molecule has 3 N–H and O–H groups in total. The molecule has 0 fully saturated rings. The molecular weight excluding hydrogens is 328 g/mol. The van der Waals surface area contributed by atoms with E-state index >= 15 is 0 Å². The van der Waals surface area contributed by atoms with Gasteiger partial charge < -0.3 is 20.5 Å². The summed E-state index contributed by atoms with van der Waals surface area (Å²) in [5.74, 6) is 0.827. The van der Waals surface area contributed by atoms with Gasteiger partial charge in [-0.2, -0.15) is 0 Å². The van der Waals surface area contributed by atoms with E-state index in [-0.39, 0.29) is 12.0 Å². The molecule has 0 aliphatic heterocycles. The molecule has 128 valence electrons. The number of nitrogens with one attached hydrogen (secondary N) is 1. The van der Waals surface area contributed by atoms with E-state index in [0.717, 1.165) is 11.3 Å². The topological polar surface area (TPSA) is 73.6 Å². The summed E-state index contributed by atoms with van der Waals surface area (Å²) in [4.78, 5) is 12.5. The SMILES string of the molecule is COc1cc(N)c(Cl)cc1C(=O)Nc1ccc(OC(C)C)c(C)c1. The van der Waals surface area contributed by atoms with Crippen LogP contribution in [0.15, 0.2) is 30.3 Å². The van der Waals surface area contributed by atoms with E-state index < -0.39 is 0 Å². The summed E-state index contributed by atoms with van der Waals surface area (Å²) in [7, 11) is 1.47. The monoisotopic (exact) mass is 348 g/mol. The highest BCUT2D eigenvalue weighted by atomic mass is 35.5. The van der Waals surface area contributed by atoms with Gasteiger partial charge in [-0.15, -0.1) is 0 Å². The summed E-state index contributed by atoms with van der Waals surface area (Å²) in [5, 5.41) is 3.13. The van der Waals surface area contributed by atoms with Crippen LogP contribution in [0.5, 0.6) is 11.5 Å². The fourth-order valence-electron chi connectivity index (χ4n) is 2.23. The van der Waals surface area contributed by atoms with Crippen molar-refractivity contribution in [2.45, 2.75) is 26.9 Å². The number of carbonyl (C=O) groups excluding carboxylic acids is 1. The minimum absolute atomic E-state index is 0.0883. The highest BCUT2D eigenvalue weighted by Gasteiger charge is 2.16. The first-order valence-corrected chi connectivity index (χ1v) is 7.91. The molecule has 0 atom stereocenters. The second kappa shape index (κ2) is 7.45. The lowest BCUT2D eigenvalue weighted by molar-refractivity contribution is 0.102. The van der Waals surface area contributed by atoms with Gasteiger partial charge in [0, 0.05) is 11.8 Å². The number of hydrogen-bond donors (Lipinski definition) is 2. The van der Waals surface area contributed by atoms with Gasteiger partial charge in [-0.25, -0.2) is 0 Å². The van der Waals surface area contributed by atoms with Crippen molar-refractivity contribution in [2.75, 3.05) is 18.2 Å². The number of methoxy groups -OCH3 is 1. The van der Waals surface area contributed by atoms with Crippen molar-refractivity contribution in [1.82, 2.24) is 0 Å². The lowest BCUT2D eigenvalue weighted by Crippen LogP contribution is -2.14. The van der Waals surface area contributed by atoms with Crippen molar-refractivity contribution >= 4 is 28.9 Å². The number of amides is 1. The molecule has 0 aromatic heterocycles. The molecule has 24 heavy (non-hydrogen) atoms. The first kappa shape index (κ1) is 17.9. The Bertz CT molecular complexity index is 760. The number of nitrogen functional groups attached to an aromatic ring is 1. The molecule has 0 aliphatic carbocycles. The summed E-state index contributed by atoms with van der Waals surface area (Å²) >= 11 is 6.01. The van der Waals surface area contributed by atoms with Crippen molar-refractivity contribution in [3.05, 3.63) is 46.5 Å². The molecule has 0 saturated carbocycles. The van der Waals surface area contributed by atoms with Gasteiger partial charge in [-0.05, 0) is 50.6 Å². The molecular formula is C18H21ClN2O3. The maximum Gasteiger partial charge on any atom is 0.259 e. The van der Waals surface area contributed by atoms with Crippen LogP contribution in [0.25, 0.3) is 0 Å². The smallest absolute Gasteiger partial charge is 0.259 e. The molecule has 5 nitrogen and oxygen atoms in total. The van der Waals surface area contributed by atoms with E-state index in [1.807, 2.05) is 32.9 Å². The molecule has 0 unspecified atom stereocenters. The van der Waals surface area contributed by atoms with Crippen molar-refractivity contribution in [3.63, 3.8) is 0 Å². The maximum atomic E-state index is 12.5. The van der Waals surface area contributed by atoms with Gasteiger partial charge in [-0.3, -0.25) is 4.79 Å². The zero-order chi connectivity index (χ0) is 17.9. The van der Waals surface area contributed by atoms with Gasteiger partial charge in [0.1, 0.15) is 11.5 Å². The number of carbonyl (C=O) groups is 1. The van der Waals surface area contributed by atoms with Gasteiger partial charge in [0.15, 0.2) is 0 Å². The van der Waals surface area contributed by atoms with Crippen LogP contribution in [0, 0.1) is 6.92 Å². The number of nitrogens with two attached hydrogens (primary N) is 1. The third-order valence-corrected chi connectivity index (χ3v) is 3.69. The zero-order valence-electron chi connectivity index (χ0n) is 14.1. The molecule has 0 radical (unpaired) electrons. The number of hydrogen-bond acceptors (Lipinski definition) is 4. The lowest BCUT2D eigenvalue weighted by atomic mass is 10.1. The predicted octanol–water partition coefficient (Wildman–Crippen LogP) is 4.28. The van der Waals surface area contributed by atoms with Crippen LogP contribution in [0.4, 0.5) is 11.4 Å². The Labute approximate surface area is 146 Å². The van der Waals surface area contributed by atoms with E-state index in [2.05, 4.69) is 5.32 Å². The number of benzene rings is 2. The Morgan fingerprint density at radius 3 is 2.50 bits per heavy atom. The standard InChI is InChI=1S/C18H21ClN2O3/c1-10(2)24-16-6-5-12(7-11(16)3)21-18(22)13-8-14(19)15(20)9-17(13)23-4/h5-10H,20H2,1-4H3,(H,21,22). The third kappa shape index (κ3) is 4.11. The van der Waals surface area contributed by atoms with Crippen LogP contribution >= 0.6 is 11.6 Å². The normalized spacial score (nSPS) is 10.6. The Balaban J connectivity index is 2.24. The highest BCUT2D eigenvalue weighted by Crippen LogP contribution is 2.30. The van der Waals surface area contributed by atoms with Crippen LogP contribution in [-0.2, 0) is 0 Å². The number of rotatable bonds is 5. The van der Waals surface area contributed by atoms with E-state index in [0.29, 0.717) is 27.7 Å². The molecule has 0 bridgehead atoms. The molecule has 2 aromatic rings. The van der Waals surface area contributed by atoms with Crippen molar-refractivity contribution in [1.29, 1.82) is 0 Å². The number of anilines is 2. The van der Waals surface area contributed by atoms with Gasteiger partial charge in [-0.1, -0.05) is 11.6 Å². The van der Waals surface area contributed by atoms with Crippen LogP contribution in [0.1, 0.15) is 29.8 Å². The summed E-state index contributed by atoms with van der Waals surface area (Å²) < 4.78 is 10.9. The van der Waals surface area contributed by atoms with E-state index in [1.165, 1.54) is 19.2 Å².